The van der Waals surface area contributed by atoms with Crippen LogP contribution in [-0.2, 0) is 0 Å². The van der Waals surface area contributed by atoms with E-state index >= 15 is 0 Å². The van der Waals surface area contributed by atoms with E-state index < -0.39 is 0 Å². The summed E-state index contributed by atoms with van der Waals surface area (Å²) < 4.78 is 0. The van der Waals surface area contributed by atoms with E-state index in [2.05, 4.69) is 18.7 Å². The maximum Gasteiger partial charge on any atom is 0.00128 e. The molecule has 0 radical (unpaired) electrons. The predicted octanol–water partition coefficient (Wildman–Crippen LogP) is 3.65. The van der Waals surface area contributed by atoms with E-state index in [1.807, 2.05) is 0 Å². The molecule has 1 aliphatic heterocycles. The molecule has 0 aromatic carbocycles. The summed E-state index contributed by atoms with van der Waals surface area (Å²) in [6.07, 6.45) is 11.2. The van der Waals surface area contributed by atoms with Gasteiger partial charge in [0.25, 0.3) is 0 Å². The van der Waals surface area contributed by atoms with Gasteiger partial charge in [-0.1, -0.05) is 39.5 Å². The largest absolute Gasteiger partial charge is 0.330 e. The van der Waals surface area contributed by atoms with E-state index in [9.17, 15) is 0 Å². The van der Waals surface area contributed by atoms with Crippen LogP contribution in [-0.4, -0.2) is 31.1 Å². The highest BCUT2D eigenvalue weighted by Crippen LogP contribution is 2.39. The summed E-state index contributed by atoms with van der Waals surface area (Å²) in [4.78, 5) is 2.74. The Morgan fingerprint density at radius 2 is 1.58 bits per heavy atom. The Kier molecular flexibility index (Phi) is 5.70. The van der Waals surface area contributed by atoms with E-state index in [4.69, 9.17) is 5.73 Å². The first-order valence-electron chi connectivity index (χ1n) is 8.65. The molecular formula is C17H34N2. The maximum atomic E-state index is 5.97. The molecule has 0 amide bonds. The van der Waals surface area contributed by atoms with Gasteiger partial charge < -0.3 is 10.6 Å². The van der Waals surface area contributed by atoms with Crippen molar-refractivity contribution < 1.29 is 0 Å². The van der Waals surface area contributed by atoms with Crippen molar-refractivity contribution in [2.45, 2.75) is 65.2 Å². The highest BCUT2D eigenvalue weighted by molar-refractivity contribution is 4.86. The molecule has 2 N–H and O–H groups in total. The van der Waals surface area contributed by atoms with Gasteiger partial charge in [-0.25, -0.2) is 0 Å². The van der Waals surface area contributed by atoms with E-state index in [-0.39, 0.29) is 0 Å². The molecule has 0 aromatic rings. The molecular weight excluding hydrogens is 232 g/mol. The third-order valence-corrected chi connectivity index (χ3v) is 6.28. The lowest BCUT2D eigenvalue weighted by Gasteiger charge is -2.43. The zero-order valence-electron chi connectivity index (χ0n) is 13.2. The average Bonchev–Trinajstić information content (AvgIpc) is 2.49. The zero-order chi connectivity index (χ0) is 13.7. The molecule has 2 rings (SSSR count). The standard InChI is InChI=1S/C17H34N2/c1-3-17(4-2)9-11-19(12-10-17)14-16-8-6-5-7-15(16)13-18/h15-16H,3-14,18H2,1-2H3. The molecule has 0 spiro atoms. The molecule has 19 heavy (non-hydrogen) atoms. The number of likely N-dealkylation sites (tertiary alicyclic amines) is 1. The monoisotopic (exact) mass is 266 g/mol. The number of hydrogen-bond acceptors (Lipinski definition) is 2. The van der Waals surface area contributed by atoms with Gasteiger partial charge in [-0.15, -0.1) is 0 Å². The third-order valence-electron chi connectivity index (χ3n) is 6.28. The van der Waals surface area contributed by atoms with Crippen molar-refractivity contribution in [2.24, 2.45) is 23.0 Å². The van der Waals surface area contributed by atoms with Crippen LogP contribution < -0.4 is 5.73 Å². The van der Waals surface area contributed by atoms with Crippen molar-refractivity contribution in [3.8, 4) is 0 Å². The lowest BCUT2D eigenvalue weighted by atomic mass is 9.73. The van der Waals surface area contributed by atoms with Crippen molar-refractivity contribution >= 4 is 0 Å². The van der Waals surface area contributed by atoms with Crippen LogP contribution >= 0.6 is 0 Å². The van der Waals surface area contributed by atoms with Gasteiger partial charge in [0.05, 0.1) is 0 Å². The van der Waals surface area contributed by atoms with Crippen LogP contribution in [0.2, 0.25) is 0 Å². The van der Waals surface area contributed by atoms with Crippen molar-refractivity contribution in [3.63, 3.8) is 0 Å². The van der Waals surface area contributed by atoms with Gasteiger partial charge in [-0.2, -0.15) is 0 Å². The topological polar surface area (TPSA) is 29.3 Å². The predicted molar refractivity (Wildman–Crippen MR) is 83.2 cm³/mol. The average molecular weight is 266 g/mol. The summed E-state index contributed by atoms with van der Waals surface area (Å²) in [5.74, 6) is 1.69. The lowest BCUT2D eigenvalue weighted by molar-refractivity contribution is 0.0680. The lowest BCUT2D eigenvalue weighted by Crippen LogP contribution is -2.44. The van der Waals surface area contributed by atoms with Crippen LogP contribution in [0.15, 0.2) is 0 Å². The van der Waals surface area contributed by atoms with Gasteiger partial charge in [0.2, 0.25) is 0 Å². The van der Waals surface area contributed by atoms with E-state index in [1.54, 1.807) is 0 Å². The van der Waals surface area contributed by atoms with Crippen molar-refractivity contribution in [2.75, 3.05) is 26.2 Å². The van der Waals surface area contributed by atoms with Crippen molar-refractivity contribution in [1.82, 2.24) is 4.90 Å². The third kappa shape index (κ3) is 3.72. The van der Waals surface area contributed by atoms with E-state index in [0.717, 1.165) is 18.4 Å². The summed E-state index contributed by atoms with van der Waals surface area (Å²) in [5.41, 5.74) is 6.63. The van der Waals surface area contributed by atoms with Crippen molar-refractivity contribution in [3.05, 3.63) is 0 Å². The van der Waals surface area contributed by atoms with Gasteiger partial charge in [-0.3, -0.25) is 0 Å². The molecule has 1 saturated heterocycles. The quantitative estimate of drug-likeness (QED) is 0.823. The van der Waals surface area contributed by atoms with Gasteiger partial charge in [0, 0.05) is 6.54 Å². The summed E-state index contributed by atoms with van der Waals surface area (Å²) >= 11 is 0. The summed E-state index contributed by atoms with van der Waals surface area (Å²) in [6, 6.07) is 0. The fourth-order valence-electron chi connectivity index (χ4n) is 4.33. The molecule has 2 fully saturated rings. The maximum absolute atomic E-state index is 5.97. The van der Waals surface area contributed by atoms with Crippen LogP contribution in [0.3, 0.4) is 0 Å². The van der Waals surface area contributed by atoms with Gasteiger partial charge in [-0.05, 0) is 62.6 Å². The minimum atomic E-state index is 0.663. The van der Waals surface area contributed by atoms with E-state index in [1.165, 1.54) is 71.0 Å². The number of piperidine rings is 1. The molecule has 2 aliphatic rings. The smallest absolute Gasteiger partial charge is 0.00128 e. The molecule has 0 aromatic heterocycles. The molecule has 112 valence electrons. The van der Waals surface area contributed by atoms with Crippen LogP contribution in [0.1, 0.15) is 65.2 Å². The minimum Gasteiger partial charge on any atom is -0.330 e. The first kappa shape index (κ1) is 15.3. The van der Waals surface area contributed by atoms with Crippen LogP contribution in [0.5, 0.6) is 0 Å². The SMILES string of the molecule is CCC1(CC)CCN(CC2CCCCC2CN)CC1. The number of nitrogens with two attached hydrogens (primary N) is 1. The molecule has 0 bridgehead atoms. The first-order valence-corrected chi connectivity index (χ1v) is 8.65. The second-order valence-corrected chi connectivity index (χ2v) is 7.05. The van der Waals surface area contributed by atoms with Gasteiger partial charge in [0.1, 0.15) is 0 Å². The second kappa shape index (κ2) is 7.08. The van der Waals surface area contributed by atoms with E-state index in [0.29, 0.717) is 5.41 Å². The minimum absolute atomic E-state index is 0.663. The summed E-state index contributed by atoms with van der Waals surface area (Å²) in [7, 11) is 0. The van der Waals surface area contributed by atoms with Crippen LogP contribution in [0.4, 0.5) is 0 Å². The highest BCUT2D eigenvalue weighted by atomic mass is 15.1. The van der Waals surface area contributed by atoms with Crippen molar-refractivity contribution in [1.29, 1.82) is 0 Å². The number of rotatable bonds is 5. The zero-order valence-corrected chi connectivity index (χ0v) is 13.2. The molecule has 1 heterocycles. The fourth-order valence-corrected chi connectivity index (χ4v) is 4.33. The Morgan fingerprint density at radius 3 is 2.11 bits per heavy atom. The Hall–Kier alpha value is -0.0800. The fraction of sp³-hybridized carbons (Fsp3) is 1.00. The highest BCUT2D eigenvalue weighted by Gasteiger charge is 2.33. The molecule has 2 heteroatoms. The van der Waals surface area contributed by atoms with Gasteiger partial charge in [0.15, 0.2) is 0 Å². The molecule has 1 aliphatic carbocycles. The molecule has 2 nitrogen and oxygen atoms in total. The second-order valence-electron chi connectivity index (χ2n) is 7.05. The Morgan fingerprint density at radius 1 is 1.00 bits per heavy atom. The first-order chi connectivity index (χ1) is 9.23. The summed E-state index contributed by atoms with van der Waals surface area (Å²) in [6.45, 7) is 9.65. The van der Waals surface area contributed by atoms with Crippen LogP contribution in [0.25, 0.3) is 0 Å². The van der Waals surface area contributed by atoms with Crippen LogP contribution in [0, 0.1) is 17.3 Å². The Labute approximate surface area is 120 Å². The number of nitrogens with zero attached hydrogens (tertiary/aromatic N) is 1. The van der Waals surface area contributed by atoms with Gasteiger partial charge >= 0.3 is 0 Å². The summed E-state index contributed by atoms with van der Waals surface area (Å²) in [5, 5.41) is 0. The number of hydrogen-bond donors (Lipinski definition) is 1. The normalized spacial score (nSPS) is 32.4. The molecule has 2 unspecified atom stereocenters. The Bertz CT molecular complexity index is 250. The molecule has 2 atom stereocenters. The molecule has 1 saturated carbocycles. The Balaban J connectivity index is 1.81.